The standard InChI is InChI=1S/C14H18O4/c1-14(2)7-6-9-8-10(4-5-11(9)18-14)12(17-3)13(15)16/h4-5,8,12H,6-7H2,1-3H3,(H,15,16). The molecule has 1 aromatic rings. The second-order valence-corrected chi connectivity index (χ2v) is 5.18. The van der Waals surface area contributed by atoms with Crippen LogP contribution in [0.4, 0.5) is 0 Å². The van der Waals surface area contributed by atoms with Crippen LogP contribution in [0.15, 0.2) is 18.2 Å². The first kappa shape index (κ1) is 12.9. The van der Waals surface area contributed by atoms with Gasteiger partial charge in [-0.2, -0.15) is 0 Å². The Hall–Kier alpha value is -1.55. The van der Waals surface area contributed by atoms with Gasteiger partial charge in [-0.1, -0.05) is 6.07 Å². The lowest BCUT2D eigenvalue weighted by Crippen LogP contribution is -2.32. The normalized spacial score (nSPS) is 18.6. The zero-order valence-electron chi connectivity index (χ0n) is 10.9. The first-order chi connectivity index (χ1) is 8.43. The maximum absolute atomic E-state index is 11.0. The van der Waals surface area contributed by atoms with Gasteiger partial charge in [0.1, 0.15) is 11.4 Å². The summed E-state index contributed by atoms with van der Waals surface area (Å²) in [6.45, 7) is 4.11. The third kappa shape index (κ3) is 2.48. The summed E-state index contributed by atoms with van der Waals surface area (Å²) < 4.78 is 10.8. The highest BCUT2D eigenvalue weighted by Gasteiger charge is 2.28. The fourth-order valence-corrected chi connectivity index (χ4v) is 2.22. The zero-order chi connectivity index (χ0) is 13.3. The van der Waals surface area contributed by atoms with Crippen molar-refractivity contribution < 1.29 is 19.4 Å². The Bertz CT molecular complexity index is 465. The van der Waals surface area contributed by atoms with Gasteiger partial charge in [0.2, 0.25) is 0 Å². The van der Waals surface area contributed by atoms with Crippen molar-refractivity contribution in [2.75, 3.05) is 7.11 Å². The number of fused-ring (bicyclic) bond motifs is 1. The van der Waals surface area contributed by atoms with Gasteiger partial charge in [0.25, 0.3) is 0 Å². The third-order valence-electron chi connectivity index (χ3n) is 3.23. The van der Waals surface area contributed by atoms with E-state index in [1.54, 1.807) is 6.07 Å². The maximum Gasteiger partial charge on any atom is 0.337 e. The number of ether oxygens (including phenoxy) is 2. The predicted molar refractivity (Wildman–Crippen MR) is 66.9 cm³/mol. The van der Waals surface area contributed by atoms with Gasteiger partial charge in [0.05, 0.1) is 0 Å². The van der Waals surface area contributed by atoms with Crippen molar-refractivity contribution in [2.45, 2.75) is 38.4 Å². The number of carboxylic acids is 1. The molecular weight excluding hydrogens is 232 g/mol. The van der Waals surface area contributed by atoms with Crippen molar-refractivity contribution in [3.8, 4) is 5.75 Å². The van der Waals surface area contributed by atoms with E-state index in [2.05, 4.69) is 13.8 Å². The molecule has 0 fully saturated rings. The molecule has 1 unspecified atom stereocenters. The monoisotopic (exact) mass is 250 g/mol. The average Bonchev–Trinajstić information content (AvgIpc) is 2.29. The highest BCUT2D eigenvalue weighted by molar-refractivity contribution is 5.74. The van der Waals surface area contributed by atoms with Crippen LogP contribution in [0.5, 0.6) is 5.75 Å². The highest BCUT2D eigenvalue weighted by atomic mass is 16.5. The fourth-order valence-electron chi connectivity index (χ4n) is 2.22. The van der Waals surface area contributed by atoms with Crippen LogP contribution >= 0.6 is 0 Å². The van der Waals surface area contributed by atoms with Crippen LogP contribution in [-0.4, -0.2) is 23.8 Å². The van der Waals surface area contributed by atoms with Crippen molar-refractivity contribution in [2.24, 2.45) is 0 Å². The lowest BCUT2D eigenvalue weighted by molar-refractivity contribution is -0.148. The van der Waals surface area contributed by atoms with Crippen molar-refractivity contribution in [3.63, 3.8) is 0 Å². The molecule has 0 amide bonds. The van der Waals surface area contributed by atoms with Crippen molar-refractivity contribution in [1.29, 1.82) is 0 Å². The Balaban J connectivity index is 2.31. The largest absolute Gasteiger partial charge is 0.488 e. The number of aliphatic carboxylic acids is 1. The van der Waals surface area contributed by atoms with E-state index in [0.717, 1.165) is 24.2 Å². The van der Waals surface area contributed by atoms with Crippen LogP contribution < -0.4 is 4.74 Å². The van der Waals surface area contributed by atoms with E-state index in [-0.39, 0.29) is 5.60 Å². The maximum atomic E-state index is 11.0. The van der Waals surface area contributed by atoms with Crippen LogP contribution in [0.2, 0.25) is 0 Å². The number of carboxylic acid groups (broad SMARTS) is 1. The van der Waals surface area contributed by atoms with Crippen LogP contribution in [0.1, 0.15) is 37.5 Å². The topological polar surface area (TPSA) is 55.8 Å². The summed E-state index contributed by atoms with van der Waals surface area (Å²) in [5.74, 6) is -0.134. The molecule has 1 aromatic carbocycles. The number of rotatable bonds is 3. The van der Waals surface area contributed by atoms with Gasteiger partial charge < -0.3 is 14.6 Å². The minimum atomic E-state index is -0.977. The van der Waals surface area contributed by atoms with E-state index in [1.165, 1.54) is 7.11 Å². The van der Waals surface area contributed by atoms with E-state index in [0.29, 0.717) is 5.56 Å². The van der Waals surface area contributed by atoms with E-state index in [9.17, 15) is 4.79 Å². The highest BCUT2D eigenvalue weighted by Crippen LogP contribution is 2.34. The molecule has 0 bridgehead atoms. The van der Waals surface area contributed by atoms with Gasteiger partial charge in [-0.25, -0.2) is 4.79 Å². The molecule has 1 atom stereocenters. The van der Waals surface area contributed by atoms with Gasteiger partial charge in [-0.15, -0.1) is 0 Å². The van der Waals surface area contributed by atoms with E-state index in [4.69, 9.17) is 14.6 Å². The van der Waals surface area contributed by atoms with Gasteiger partial charge in [-0.3, -0.25) is 0 Å². The average molecular weight is 250 g/mol. The molecule has 4 heteroatoms. The van der Waals surface area contributed by atoms with E-state index in [1.807, 2.05) is 12.1 Å². The first-order valence-corrected chi connectivity index (χ1v) is 6.00. The quantitative estimate of drug-likeness (QED) is 0.895. The first-order valence-electron chi connectivity index (χ1n) is 6.00. The van der Waals surface area contributed by atoms with Crippen molar-refractivity contribution in [3.05, 3.63) is 29.3 Å². The summed E-state index contributed by atoms with van der Waals surface area (Å²) in [7, 11) is 1.40. The van der Waals surface area contributed by atoms with Gasteiger partial charge in [-0.05, 0) is 49.9 Å². The van der Waals surface area contributed by atoms with Crippen LogP contribution in [0.25, 0.3) is 0 Å². The van der Waals surface area contributed by atoms with Crippen LogP contribution in [-0.2, 0) is 16.0 Å². The summed E-state index contributed by atoms with van der Waals surface area (Å²) in [6.07, 6.45) is 0.908. The molecule has 98 valence electrons. The summed E-state index contributed by atoms with van der Waals surface area (Å²) in [4.78, 5) is 11.0. The third-order valence-corrected chi connectivity index (χ3v) is 3.23. The van der Waals surface area contributed by atoms with Gasteiger partial charge in [0, 0.05) is 7.11 Å². The molecule has 0 spiro atoms. The van der Waals surface area contributed by atoms with Crippen LogP contribution in [0.3, 0.4) is 0 Å². The fraction of sp³-hybridized carbons (Fsp3) is 0.500. The van der Waals surface area contributed by atoms with E-state index >= 15 is 0 Å². The van der Waals surface area contributed by atoms with E-state index < -0.39 is 12.1 Å². The SMILES string of the molecule is COC(C(=O)O)c1ccc2c(c1)CCC(C)(C)O2. The molecular formula is C14H18O4. The Morgan fingerprint density at radius 3 is 2.83 bits per heavy atom. The number of benzene rings is 1. The molecule has 4 nitrogen and oxygen atoms in total. The predicted octanol–water partition coefficient (Wildman–Crippen LogP) is 2.56. The molecule has 0 saturated carbocycles. The molecule has 0 saturated heterocycles. The molecule has 1 aliphatic rings. The summed E-state index contributed by atoms with van der Waals surface area (Å²) >= 11 is 0. The molecule has 2 rings (SSSR count). The second kappa shape index (κ2) is 4.61. The van der Waals surface area contributed by atoms with Gasteiger partial charge in [0.15, 0.2) is 6.10 Å². The molecule has 1 heterocycles. The number of methoxy groups -OCH3 is 1. The van der Waals surface area contributed by atoms with Crippen molar-refractivity contribution >= 4 is 5.97 Å². The van der Waals surface area contributed by atoms with Crippen molar-refractivity contribution in [1.82, 2.24) is 0 Å². The second-order valence-electron chi connectivity index (χ2n) is 5.18. The molecule has 1 N–H and O–H groups in total. The zero-order valence-corrected chi connectivity index (χ0v) is 10.9. The number of hydrogen-bond acceptors (Lipinski definition) is 3. The summed E-state index contributed by atoms with van der Waals surface area (Å²) in [5, 5.41) is 9.06. The Kier molecular flexibility index (Phi) is 3.30. The molecule has 18 heavy (non-hydrogen) atoms. The summed E-state index contributed by atoms with van der Waals surface area (Å²) in [5.41, 5.74) is 1.56. The van der Waals surface area contributed by atoms with Gasteiger partial charge >= 0.3 is 5.97 Å². The molecule has 0 aliphatic carbocycles. The molecule has 0 aromatic heterocycles. The molecule has 0 radical (unpaired) electrons. The number of aryl methyl sites for hydroxylation is 1. The minimum absolute atomic E-state index is 0.151. The number of carbonyl (C=O) groups is 1. The Labute approximate surface area is 107 Å². The number of hydrogen-bond donors (Lipinski definition) is 1. The minimum Gasteiger partial charge on any atom is -0.488 e. The summed E-state index contributed by atoms with van der Waals surface area (Å²) in [6, 6.07) is 5.45. The lowest BCUT2D eigenvalue weighted by atomic mass is 9.92. The lowest BCUT2D eigenvalue weighted by Gasteiger charge is -2.33. The Morgan fingerprint density at radius 2 is 2.22 bits per heavy atom. The smallest absolute Gasteiger partial charge is 0.337 e. The Morgan fingerprint density at radius 1 is 1.50 bits per heavy atom. The molecule has 1 aliphatic heterocycles. The van der Waals surface area contributed by atoms with Crippen LogP contribution in [0, 0.1) is 0 Å².